The number of aromatic nitrogens is 4. The van der Waals surface area contributed by atoms with Gasteiger partial charge in [0.15, 0.2) is 0 Å². The van der Waals surface area contributed by atoms with Crippen molar-refractivity contribution in [2.45, 2.75) is 37.8 Å². The predicted octanol–water partition coefficient (Wildman–Crippen LogP) is 5.59. The van der Waals surface area contributed by atoms with Crippen LogP contribution in [0.1, 0.15) is 49.4 Å². The smallest absolute Gasteiger partial charge is 0.237 e. The van der Waals surface area contributed by atoms with Crippen LogP contribution in [-0.2, 0) is 4.79 Å². The average molecular weight is 546 g/mol. The Labute approximate surface area is 239 Å². The molecule has 3 aromatic carbocycles. The molecule has 1 amide bonds. The van der Waals surface area contributed by atoms with Crippen molar-refractivity contribution in [3.8, 4) is 33.6 Å². The summed E-state index contributed by atoms with van der Waals surface area (Å²) in [5, 5.41) is 8.89. The normalized spacial score (nSPS) is 18.9. The van der Waals surface area contributed by atoms with Crippen molar-refractivity contribution >= 4 is 16.7 Å². The Bertz CT molecular complexity index is 1680. The van der Waals surface area contributed by atoms with Gasteiger partial charge in [0, 0.05) is 12.1 Å². The number of rotatable bonds is 7. The number of carbonyl (C=O) groups is 1. The first-order chi connectivity index (χ1) is 20.2. The van der Waals surface area contributed by atoms with Crippen LogP contribution in [0, 0.1) is 0 Å². The molecular formula is C33H35N7O. The van der Waals surface area contributed by atoms with Crippen LogP contribution in [0.15, 0.2) is 73.1 Å². The Morgan fingerprint density at radius 3 is 2.24 bits per heavy atom. The second-order valence-corrected chi connectivity index (χ2v) is 11.1. The van der Waals surface area contributed by atoms with E-state index in [1.807, 2.05) is 17.3 Å². The molecule has 2 aliphatic rings. The quantitative estimate of drug-likeness (QED) is 0.213. The van der Waals surface area contributed by atoms with Gasteiger partial charge in [0.25, 0.3) is 0 Å². The van der Waals surface area contributed by atoms with E-state index in [2.05, 4.69) is 91.2 Å². The van der Waals surface area contributed by atoms with Gasteiger partial charge in [0.2, 0.25) is 5.91 Å². The number of likely N-dealkylation sites (tertiary alicyclic amines) is 1. The topological polar surface area (TPSA) is 102 Å². The largest absolute Gasteiger partial charge is 0.341 e. The maximum atomic E-state index is 12.5. The second kappa shape index (κ2) is 11.0. The van der Waals surface area contributed by atoms with E-state index in [-0.39, 0.29) is 11.9 Å². The Balaban J connectivity index is 1.07. The zero-order chi connectivity index (χ0) is 27.8. The number of amides is 1. The first-order valence-electron chi connectivity index (χ1n) is 14.6. The molecule has 208 valence electrons. The highest BCUT2D eigenvalue weighted by Crippen LogP contribution is 2.33. The van der Waals surface area contributed by atoms with Crippen LogP contribution in [0.5, 0.6) is 0 Å². The number of nitrogens with zero attached hydrogens (tertiary/aromatic N) is 3. The number of aromatic amines is 2. The van der Waals surface area contributed by atoms with Gasteiger partial charge < -0.3 is 25.5 Å². The molecule has 4 N–H and O–H groups in total. The SMILES string of the molecule is CNCC(=O)N1CCCC1c1ncc(-c2ccc(-c3ccc4cc(-c5cnc(C6CCCN6)[nH]5)ccc4c3)cc2)[nH]1. The van der Waals surface area contributed by atoms with Crippen LogP contribution in [0.2, 0.25) is 0 Å². The van der Waals surface area contributed by atoms with Crippen molar-refractivity contribution in [1.82, 2.24) is 35.5 Å². The monoisotopic (exact) mass is 545 g/mol. The van der Waals surface area contributed by atoms with E-state index in [1.54, 1.807) is 7.05 Å². The zero-order valence-electron chi connectivity index (χ0n) is 23.3. The molecule has 0 radical (unpaired) electrons. The molecule has 0 saturated carbocycles. The number of fused-ring (bicyclic) bond motifs is 1. The fourth-order valence-electron chi connectivity index (χ4n) is 6.27. The van der Waals surface area contributed by atoms with Crippen LogP contribution < -0.4 is 10.6 Å². The standard InChI is InChI=1S/C33H35N7O/c1-34-20-31(41)40-15-3-5-30(40)33-37-18-28(39-33)22-8-6-21(7-9-22)23-10-11-25-17-26(13-12-24(25)16-23)29-19-36-32(38-29)27-4-2-14-35-27/h6-13,16-19,27,30,34-35H,2-5,14-15,20H2,1H3,(H,36,38)(H,37,39). The summed E-state index contributed by atoms with van der Waals surface area (Å²) >= 11 is 0. The maximum absolute atomic E-state index is 12.5. The van der Waals surface area contributed by atoms with Gasteiger partial charge in [-0.25, -0.2) is 9.97 Å². The van der Waals surface area contributed by atoms with Crippen molar-refractivity contribution in [2.75, 3.05) is 26.7 Å². The molecular weight excluding hydrogens is 510 g/mol. The van der Waals surface area contributed by atoms with E-state index in [1.165, 1.54) is 28.3 Å². The first kappa shape index (κ1) is 25.7. The van der Waals surface area contributed by atoms with Gasteiger partial charge in [-0.2, -0.15) is 0 Å². The summed E-state index contributed by atoms with van der Waals surface area (Å²) < 4.78 is 0. The summed E-state index contributed by atoms with van der Waals surface area (Å²) in [5.74, 6) is 2.01. The highest BCUT2D eigenvalue weighted by Gasteiger charge is 2.31. The van der Waals surface area contributed by atoms with E-state index in [0.29, 0.717) is 12.6 Å². The number of likely N-dealkylation sites (N-methyl/N-ethyl adjacent to an activating group) is 1. The summed E-state index contributed by atoms with van der Waals surface area (Å²) in [6.07, 6.45) is 8.10. The summed E-state index contributed by atoms with van der Waals surface area (Å²) in [4.78, 5) is 30.7. The van der Waals surface area contributed by atoms with Gasteiger partial charge in [-0.15, -0.1) is 0 Å². The highest BCUT2D eigenvalue weighted by molar-refractivity contribution is 5.90. The third kappa shape index (κ3) is 5.05. The van der Waals surface area contributed by atoms with E-state index in [4.69, 9.17) is 0 Å². The molecule has 2 aliphatic heterocycles. The highest BCUT2D eigenvalue weighted by atomic mass is 16.2. The van der Waals surface area contributed by atoms with Crippen molar-refractivity contribution < 1.29 is 4.79 Å². The lowest BCUT2D eigenvalue weighted by molar-refractivity contribution is -0.131. The molecule has 4 heterocycles. The number of carbonyl (C=O) groups excluding carboxylic acids is 1. The van der Waals surface area contributed by atoms with Crippen molar-refractivity contribution in [3.05, 3.63) is 84.7 Å². The van der Waals surface area contributed by atoms with Crippen LogP contribution in [0.4, 0.5) is 0 Å². The average Bonchev–Trinajstić information content (AvgIpc) is 3.83. The number of hydrogen-bond donors (Lipinski definition) is 4. The molecule has 2 aromatic heterocycles. The Morgan fingerprint density at radius 1 is 0.829 bits per heavy atom. The van der Waals surface area contributed by atoms with Gasteiger partial charge in [0.1, 0.15) is 11.6 Å². The molecule has 0 spiro atoms. The fraction of sp³-hybridized carbons (Fsp3) is 0.303. The van der Waals surface area contributed by atoms with Crippen molar-refractivity contribution in [1.29, 1.82) is 0 Å². The summed E-state index contributed by atoms with van der Waals surface area (Å²) in [5.41, 5.74) is 6.61. The number of benzene rings is 3. The summed E-state index contributed by atoms with van der Waals surface area (Å²) in [6.45, 7) is 2.20. The third-order valence-corrected chi connectivity index (χ3v) is 8.48. The molecule has 2 saturated heterocycles. The molecule has 2 fully saturated rings. The fourth-order valence-corrected chi connectivity index (χ4v) is 6.27. The maximum Gasteiger partial charge on any atom is 0.237 e. The lowest BCUT2D eigenvalue weighted by Crippen LogP contribution is -2.37. The molecule has 7 rings (SSSR count). The molecule has 8 heteroatoms. The van der Waals surface area contributed by atoms with Crippen molar-refractivity contribution in [3.63, 3.8) is 0 Å². The van der Waals surface area contributed by atoms with E-state index in [9.17, 15) is 4.79 Å². The first-order valence-corrected chi connectivity index (χ1v) is 14.6. The summed E-state index contributed by atoms with van der Waals surface area (Å²) in [6, 6.07) is 22.2. The van der Waals surface area contributed by atoms with Crippen LogP contribution in [0.25, 0.3) is 44.4 Å². The molecule has 0 aliphatic carbocycles. The lowest BCUT2D eigenvalue weighted by Gasteiger charge is -2.23. The summed E-state index contributed by atoms with van der Waals surface area (Å²) in [7, 11) is 1.80. The van der Waals surface area contributed by atoms with Gasteiger partial charge in [-0.05, 0) is 78.9 Å². The molecule has 5 aromatic rings. The Hall–Kier alpha value is -4.27. The van der Waals surface area contributed by atoms with Crippen LogP contribution >= 0.6 is 0 Å². The Morgan fingerprint density at radius 2 is 1.49 bits per heavy atom. The molecule has 2 atom stereocenters. The number of hydrogen-bond acceptors (Lipinski definition) is 5. The van der Waals surface area contributed by atoms with Gasteiger partial charge in [-0.1, -0.05) is 48.5 Å². The number of H-pyrrole nitrogens is 2. The molecule has 41 heavy (non-hydrogen) atoms. The molecule has 2 unspecified atom stereocenters. The lowest BCUT2D eigenvalue weighted by atomic mass is 9.98. The minimum atomic E-state index is 0.0154. The van der Waals surface area contributed by atoms with Gasteiger partial charge in [-0.3, -0.25) is 4.79 Å². The molecule has 8 nitrogen and oxygen atoms in total. The van der Waals surface area contributed by atoms with Gasteiger partial charge in [0.05, 0.1) is 42.4 Å². The van der Waals surface area contributed by atoms with E-state index < -0.39 is 0 Å². The Kier molecular flexibility index (Phi) is 6.86. The second-order valence-electron chi connectivity index (χ2n) is 11.1. The zero-order valence-corrected chi connectivity index (χ0v) is 23.3. The third-order valence-electron chi connectivity index (χ3n) is 8.48. The number of imidazole rings is 2. The van der Waals surface area contributed by atoms with Gasteiger partial charge >= 0.3 is 0 Å². The van der Waals surface area contributed by atoms with E-state index >= 15 is 0 Å². The molecule has 0 bridgehead atoms. The number of nitrogens with one attached hydrogen (secondary N) is 4. The van der Waals surface area contributed by atoms with Crippen molar-refractivity contribution in [2.24, 2.45) is 0 Å². The minimum absolute atomic E-state index is 0.0154. The minimum Gasteiger partial charge on any atom is -0.341 e. The van der Waals surface area contributed by atoms with Crippen LogP contribution in [-0.4, -0.2) is 57.4 Å². The van der Waals surface area contributed by atoms with Crippen LogP contribution in [0.3, 0.4) is 0 Å². The van der Waals surface area contributed by atoms with E-state index in [0.717, 1.165) is 66.5 Å². The predicted molar refractivity (Wildman–Crippen MR) is 162 cm³/mol.